The molecule has 1 amide bonds. The number of phenols is 1. The largest absolute Gasteiger partial charge is 0.507 e. The number of benzene rings is 1. The Bertz CT molecular complexity index is 666. The minimum atomic E-state index is -0.305. The van der Waals surface area contributed by atoms with Crippen LogP contribution < -0.4 is 5.32 Å². The molecule has 0 bridgehead atoms. The van der Waals surface area contributed by atoms with Crippen molar-refractivity contribution >= 4 is 11.6 Å². The molecule has 0 radical (unpaired) electrons. The van der Waals surface area contributed by atoms with Gasteiger partial charge in [0.15, 0.2) is 5.76 Å². The summed E-state index contributed by atoms with van der Waals surface area (Å²) >= 11 is 0. The van der Waals surface area contributed by atoms with Gasteiger partial charge in [0.1, 0.15) is 5.75 Å². The molecule has 0 atom stereocenters. The number of furan rings is 1. The number of rotatable bonds is 2. The number of nitrogens with one attached hydrogen (secondary N) is 1. The summed E-state index contributed by atoms with van der Waals surface area (Å²) < 4.78 is 5.12. The Labute approximate surface area is 137 Å². The van der Waals surface area contributed by atoms with Crippen LogP contribution in [0.4, 0.5) is 5.69 Å². The molecular formula is C19H25NO3. The third-order valence-corrected chi connectivity index (χ3v) is 3.73. The molecule has 0 saturated carbocycles. The molecule has 1 aromatic carbocycles. The lowest BCUT2D eigenvalue weighted by molar-refractivity contribution is 0.0996. The highest BCUT2D eigenvalue weighted by Gasteiger charge is 2.27. The fourth-order valence-corrected chi connectivity index (χ4v) is 2.45. The first kappa shape index (κ1) is 17.1. The van der Waals surface area contributed by atoms with E-state index in [1.54, 1.807) is 12.1 Å². The zero-order chi connectivity index (χ0) is 17.4. The van der Waals surface area contributed by atoms with Gasteiger partial charge in [-0.2, -0.15) is 0 Å². The Balaban J connectivity index is 2.50. The molecule has 4 heteroatoms. The average Bonchev–Trinajstić information content (AvgIpc) is 2.91. The van der Waals surface area contributed by atoms with E-state index in [-0.39, 0.29) is 22.5 Å². The summed E-state index contributed by atoms with van der Waals surface area (Å²) in [5.74, 6) is 0.245. The van der Waals surface area contributed by atoms with Crippen LogP contribution in [0.1, 0.15) is 63.2 Å². The van der Waals surface area contributed by atoms with Crippen molar-refractivity contribution in [1.29, 1.82) is 0 Å². The first-order chi connectivity index (χ1) is 10.5. The van der Waals surface area contributed by atoms with Gasteiger partial charge in [-0.1, -0.05) is 41.5 Å². The predicted octanol–water partition coefficient (Wildman–Crippen LogP) is 4.83. The zero-order valence-corrected chi connectivity index (χ0v) is 14.7. The van der Waals surface area contributed by atoms with Gasteiger partial charge >= 0.3 is 0 Å². The van der Waals surface area contributed by atoms with Crippen molar-refractivity contribution in [1.82, 2.24) is 0 Å². The van der Waals surface area contributed by atoms with Crippen molar-refractivity contribution in [3.8, 4) is 5.75 Å². The normalized spacial score (nSPS) is 12.3. The van der Waals surface area contributed by atoms with Crippen LogP contribution >= 0.6 is 0 Å². The molecule has 0 aliphatic heterocycles. The predicted molar refractivity (Wildman–Crippen MR) is 92.2 cm³/mol. The molecule has 0 spiro atoms. The van der Waals surface area contributed by atoms with Gasteiger partial charge in [-0.05, 0) is 35.1 Å². The quantitative estimate of drug-likeness (QED) is 0.780. The summed E-state index contributed by atoms with van der Waals surface area (Å²) in [6.45, 7) is 12.2. The Morgan fingerprint density at radius 3 is 1.96 bits per heavy atom. The highest BCUT2D eigenvalue weighted by molar-refractivity contribution is 6.02. The van der Waals surface area contributed by atoms with E-state index >= 15 is 0 Å². The second kappa shape index (κ2) is 5.76. The van der Waals surface area contributed by atoms with E-state index in [9.17, 15) is 9.90 Å². The molecule has 1 heterocycles. The smallest absolute Gasteiger partial charge is 0.291 e. The van der Waals surface area contributed by atoms with Crippen LogP contribution in [0.15, 0.2) is 34.9 Å². The van der Waals surface area contributed by atoms with Gasteiger partial charge in [0.2, 0.25) is 0 Å². The Kier molecular flexibility index (Phi) is 4.29. The van der Waals surface area contributed by atoms with Gasteiger partial charge in [0, 0.05) is 16.8 Å². The maximum Gasteiger partial charge on any atom is 0.291 e. The van der Waals surface area contributed by atoms with Gasteiger partial charge in [0.25, 0.3) is 5.91 Å². The van der Waals surface area contributed by atoms with Gasteiger partial charge in [0.05, 0.1) is 6.26 Å². The van der Waals surface area contributed by atoms with E-state index in [1.807, 2.05) is 53.7 Å². The van der Waals surface area contributed by atoms with Gasteiger partial charge in [-0.3, -0.25) is 4.79 Å². The van der Waals surface area contributed by atoms with Crippen LogP contribution in [-0.4, -0.2) is 11.0 Å². The second-order valence-corrected chi connectivity index (χ2v) is 7.85. The summed E-state index contributed by atoms with van der Waals surface area (Å²) in [6, 6.07) is 6.94. The molecule has 2 aromatic rings. The molecule has 0 aliphatic rings. The van der Waals surface area contributed by atoms with Crippen LogP contribution in [-0.2, 0) is 10.8 Å². The van der Waals surface area contributed by atoms with E-state index in [0.29, 0.717) is 11.4 Å². The van der Waals surface area contributed by atoms with Crippen LogP contribution in [0.3, 0.4) is 0 Å². The third-order valence-electron chi connectivity index (χ3n) is 3.73. The first-order valence-corrected chi connectivity index (χ1v) is 7.73. The molecule has 124 valence electrons. The molecule has 2 rings (SSSR count). The fraction of sp³-hybridized carbons (Fsp3) is 0.421. The van der Waals surface area contributed by atoms with Crippen molar-refractivity contribution in [3.63, 3.8) is 0 Å². The summed E-state index contributed by atoms with van der Waals surface area (Å²) in [7, 11) is 0. The van der Waals surface area contributed by atoms with Crippen LogP contribution in [0.5, 0.6) is 5.75 Å². The highest BCUT2D eigenvalue weighted by atomic mass is 16.3. The zero-order valence-electron chi connectivity index (χ0n) is 14.7. The SMILES string of the molecule is CC(C)(C)c1cc(NC(=O)c2ccco2)cc(C(C)(C)C)c1O. The van der Waals surface area contributed by atoms with E-state index < -0.39 is 0 Å². The number of phenolic OH excluding ortho intramolecular Hbond substituents is 1. The molecule has 2 N–H and O–H groups in total. The van der Waals surface area contributed by atoms with E-state index in [1.165, 1.54) is 6.26 Å². The molecule has 0 aliphatic carbocycles. The summed E-state index contributed by atoms with van der Waals surface area (Å²) in [5.41, 5.74) is 1.78. The first-order valence-electron chi connectivity index (χ1n) is 7.73. The molecular weight excluding hydrogens is 290 g/mol. The van der Waals surface area contributed by atoms with Crippen LogP contribution in [0.25, 0.3) is 0 Å². The lowest BCUT2D eigenvalue weighted by Gasteiger charge is -2.28. The lowest BCUT2D eigenvalue weighted by Crippen LogP contribution is -2.19. The third kappa shape index (κ3) is 3.76. The minimum Gasteiger partial charge on any atom is -0.507 e. The van der Waals surface area contributed by atoms with Crippen LogP contribution in [0, 0.1) is 0 Å². The molecule has 4 nitrogen and oxygen atoms in total. The maximum atomic E-state index is 12.2. The number of hydrogen-bond acceptors (Lipinski definition) is 3. The van der Waals surface area contributed by atoms with E-state index in [4.69, 9.17) is 4.42 Å². The summed E-state index contributed by atoms with van der Waals surface area (Å²) in [6.07, 6.45) is 1.47. The number of anilines is 1. The number of aromatic hydroxyl groups is 1. The topological polar surface area (TPSA) is 62.5 Å². The number of carbonyl (C=O) groups excluding carboxylic acids is 1. The van der Waals surface area contributed by atoms with Crippen LogP contribution in [0.2, 0.25) is 0 Å². The monoisotopic (exact) mass is 315 g/mol. The number of carbonyl (C=O) groups is 1. The van der Waals surface area contributed by atoms with Crippen molar-refractivity contribution in [3.05, 3.63) is 47.4 Å². The molecule has 1 aromatic heterocycles. The standard InChI is InChI=1S/C19H25NO3/c1-18(2,3)13-10-12(11-14(16(13)21)19(4,5)6)20-17(22)15-8-7-9-23-15/h7-11,21H,1-6H3,(H,20,22). The van der Waals surface area contributed by atoms with E-state index in [0.717, 1.165) is 11.1 Å². The van der Waals surface area contributed by atoms with Crippen molar-refractivity contribution in [2.45, 2.75) is 52.4 Å². The van der Waals surface area contributed by atoms with Gasteiger partial charge in [-0.15, -0.1) is 0 Å². The summed E-state index contributed by atoms with van der Waals surface area (Å²) in [4.78, 5) is 12.2. The Morgan fingerprint density at radius 2 is 1.57 bits per heavy atom. The summed E-state index contributed by atoms with van der Waals surface area (Å²) in [5, 5.41) is 13.5. The number of amides is 1. The maximum absolute atomic E-state index is 12.2. The highest BCUT2D eigenvalue weighted by Crippen LogP contribution is 2.41. The Hall–Kier alpha value is -2.23. The van der Waals surface area contributed by atoms with Gasteiger partial charge in [-0.25, -0.2) is 0 Å². The van der Waals surface area contributed by atoms with E-state index in [2.05, 4.69) is 5.32 Å². The molecule has 0 unspecified atom stereocenters. The molecule has 0 saturated heterocycles. The number of hydrogen-bond donors (Lipinski definition) is 2. The Morgan fingerprint density at radius 1 is 1.04 bits per heavy atom. The van der Waals surface area contributed by atoms with Gasteiger partial charge < -0.3 is 14.8 Å². The second-order valence-electron chi connectivity index (χ2n) is 7.85. The molecule has 23 heavy (non-hydrogen) atoms. The van der Waals surface area contributed by atoms with Crippen molar-refractivity contribution in [2.24, 2.45) is 0 Å². The minimum absolute atomic E-state index is 0.241. The molecule has 0 fully saturated rings. The van der Waals surface area contributed by atoms with Crippen molar-refractivity contribution in [2.75, 3.05) is 5.32 Å². The average molecular weight is 315 g/mol. The van der Waals surface area contributed by atoms with Crippen molar-refractivity contribution < 1.29 is 14.3 Å². The lowest BCUT2D eigenvalue weighted by atomic mass is 9.79. The fourth-order valence-electron chi connectivity index (χ4n) is 2.45.